The average molecular weight is 367 g/mol. The summed E-state index contributed by atoms with van der Waals surface area (Å²) in [6.45, 7) is -0.686. The van der Waals surface area contributed by atoms with Crippen LogP contribution in [-0.2, 0) is 26.9 Å². The number of amides is 1. The predicted molar refractivity (Wildman–Crippen MR) is 87.7 cm³/mol. The molecule has 1 N–H and O–H groups in total. The largest absolute Gasteiger partial charge is 0.497 e. The normalized spacial score (nSPS) is 10.9. The van der Waals surface area contributed by atoms with Gasteiger partial charge in [-0.15, -0.1) is 0 Å². The molecule has 0 heterocycles. The first-order chi connectivity index (χ1) is 12.3. The summed E-state index contributed by atoms with van der Waals surface area (Å²) < 4.78 is 48.4. The standard InChI is InChI=1S/C18H16F3NO4/c1-25-13-6-4-5-12(9-13)10-17(24)26-11-16(23)22-15-8-3-2-7-14(15)18(19,20)21/h2-9H,10-11H2,1H3,(H,22,23). The summed E-state index contributed by atoms with van der Waals surface area (Å²) >= 11 is 0. The number of para-hydroxylation sites is 1. The number of anilines is 1. The molecule has 138 valence electrons. The van der Waals surface area contributed by atoms with Crippen molar-refractivity contribution in [2.75, 3.05) is 19.0 Å². The number of hydrogen-bond donors (Lipinski definition) is 1. The summed E-state index contributed by atoms with van der Waals surface area (Å²) in [4.78, 5) is 23.5. The van der Waals surface area contributed by atoms with Crippen LogP contribution in [0.2, 0.25) is 0 Å². The Kier molecular flexibility index (Phi) is 6.21. The second kappa shape index (κ2) is 8.37. The zero-order valence-corrected chi connectivity index (χ0v) is 13.8. The monoisotopic (exact) mass is 367 g/mol. The second-order valence-electron chi connectivity index (χ2n) is 5.28. The number of methoxy groups -OCH3 is 1. The zero-order chi connectivity index (χ0) is 19.2. The Hall–Kier alpha value is -3.03. The number of carbonyl (C=O) groups is 2. The van der Waals surface area contributed by atoms with Crippen molar-refractivity contribution < 1.29 is 32.2 Å². The van der Waals surface area contributed by atoms with Gasteiger partial charge in [0.15, 0.2) is 6.61 Å². The summed E-state index contributed by atoms with van der Waals surface area (Å²) in [6, 6.07) is 11.3. The number of hydrogen-bond acceptors (Lipinski definition) is 4. The van der Waals surface area contributed by atoms with Gasteiger partial charge in [-0.1, -0.05) is 24.3 Å². The van der Waals surface area contributed by atoms with Crippen LogP contribution in [0.5, 0.6) is 5.75 Å². The molecule has 0 aliphatic carbocycles. The van der Waals surface area contributed by atoms with Gasteiger partial charge in [0.2, 0.25) is 0 Å². The highest BCUT2D eigenvalue weighted by molar-refractivity contribution is 5.93. The van der Waals surface area contributed by atoms with E-state index in [-0.39, 0.29) is 6.42 Å². The summed E-state index contributed by atoms with van der Waals surface area (Å²) in [5, 5.41) is 2.10. The molecule has 8 heteroatoms. The first kappa shape index (κ1) is 19.3. The number of nitrogens with one attached hydrogen (secondary N) is 1. The third kappa shape index (κ3) is 5.51. The van der Waals surface area contributed by atoms with E-state index in [0.29, 0.717) is 11.3 Å². The average Bonchev–Trinajstić information content (AvgIpc) is 2.60. The molecule has 2 rings (SSSR count). The molecule has 0 bridgehead atoms. The maximum absolute atomic E-state index is 12.9. The van der Waals surface area contributed by atoms with Crippen molar-refractivity contribution in [3.8, 4) is 5.75 Å². The highest BCUT2D eigenvalue weighted by atomic mass is 19.4. The topological polar surface area (TPSA) is 64.6 Å². The second-order valence-corrected chi connectivity index (χ2v) is 5.28. The van der Waals surface area contributed by atoms with Crippen LogP contribution in [-0.4, -0.2) is 25.6 Å². The molecule has 0 aliphatic rings. The lowest BCUT2D eigenvalue weighted by Crippen LogP contribution is -2.23. The van der Waals surface area contributed by atoms with Crippen molar-refractivity contribution >= 4 is 17.6 Å². The number of esters is 1. The maximum Gasteiger partial charge on any atom is 0.418 e. The highest BCUT2D eigenvalue weighted by Gasteiger charge is 2.33. The van der Waals surface area contributed by atoms with Gasteiger partial charge in [0.05, 0.1) is 24.8 Å². The van der Waals surface area contributed by atoms with Crippen molar-refractivity contribution in [2.24, 2.45) is 0 Å². The van der Waals surface area contributed by atoms with E-state index >= 15 is 0 Å². The van der Waals surface area contributed by atoms with E-state index in [1.54, 1.807) is 24.3 Å². The first-order valence-corrected chi connectivity index (χ1v) is 7.54. The Morgan fingerprint density at radius 2 is 1.81 bits per heavy atom. The molecule has 2 aromatic rings. The van der Waals surface area contributed by atoms with E-state index in [9.17, 15) is 22.8 Å². The van der Waals surface area contributed by atoms with Crippen LogP contribution in [0.4, 0.5) is 18.9 Å². The minimum atomic E-state index is -4.60. The SMILES string of the molecule is COc1cccc(CC(=O)OCC(=O)Nc2ccccc2C(F)(F)F)c1. The Labute approximate surface area is 147 Å². The van der Waals surface area contributed by atoms with Gasteiger partial charge in [0.1, 0.15) is 5.75 Å². The van der Waals surface area contributed by atoms with Crippen molar-refractivity contribution in [3.63, 3.8) is 0 Å². The molecule has 0 aromatic heterocycles. The molecule has 26 heavy (non-hydrogen) atoms. The summed E-state index contributed by atoms with van der Waals surface area (Å²) in [6.07, 6.45) is -4.70. The van der Waals surface area contributed by atoms with Gasteiger partial charge in [0, 0.05) is 0 Å². The molecular weight excluding hydrogens is 351 g/mol. The van der Waals surface area contributed by atoms with Crippen molar-refractivity contribution in [1.29, 1.82) is 0 Å². The van der Waals surface area contributed by atoms with Crippen LogP contribution < -0.4 is 10.1 Å². The van der Waals surface area contributed by atoms with Gasteiger partial charge in [0.25, 0.3) is 5.91 Å². The van der Waals surface area contributed by atoms with Crippen molar-refractivity contribution in [1.82, 2.24) is 0 Å². The lowest BCUT2D eigenvalue weighted by Gasteiger charge is -2.13. The van der Waals surface area contributed by atoms with E-state index in [1.165, 1.54) is 19.2 Å². The molecule has 2 aromatic carbocycles. The molecule has 0 saturated heterocycles. The molecule has 1 amide bonds. The molecule has 0 fully saturated rings. The first-order valence-electron chi connectivity index (χ1n) is 7.54. The summed E-state index contributed by atoms with van der Waals surface area (Å²) in [5.74, 6) is -0.977. The number of carbonyl (C=O) groups excluding carboxylic acids is 2. The van der Waals surface area contributed by atoms with Gasteiger partial charge in [-0.2, -0.15) is 13.2 Å². The molecule has 0 radical (unpaired) electrons. The molecule has 5 nitrogen and oxygen atoms in total. The number of ether oxygens (including phenoxy) is 2. The Balaban J connectivity index is 1.90. The van der Waals surface area contributed by atoms with E-state index in [4.69, 9.17) is 9.47 Å². The lowest BCUT2D eigenvalue weighted by molar-refractivity contribution is -0.146. The summed E-state index contributed by atoms with van der Waals surface area (Å²) in [7, 11) is 1.49. The van der Waals surface area contributed by atoms with Gasteiger partial charge >= 0.3 is 12.1 Å². The zero-order valence-electron chi connectivity index (χ0n) is 13.8. The molecule has 0 saturated carbocycles. The van der Waals surface area contributed by atoms with Gasteiger partial charge in [-0.3, -0.25) is 9.59 Å². The van der Waals surface area contributed by atoms with Crippen LogP contribution >= 0.6 is 0 Å². The van der Waals surface area contributed by atoms with Crippen LogP contribution in [0.3, 0.4) is 0 Å². The molecule has 0 unspecified atom stereocenters. The van der Waals surface area contributed by atoms with Gasteiger partial charge < -0.3 is 14.8 Å². The number of rotatable bonds is 6. The third-order valence-electron chi connectivity index (χ3n) is 3.35. The lowest BCUT2D eigenvalue weighted by atomic mass is 10.1. The summed E-state index contributed by atoms with van der Waals surface area (Å²) in [5.41, 5.74) is -0.748. The highest BCUT2D eigenvalue weighted by Crippen LogP contribution is 2.34. The Morgan fingerprint density at radius 3 is 2.50 bits per heavy atom. The smallest absolute Gasteiger partial charge is 0.418 e. The minimum absolute atomic E-state index is 0.0936. The molecule has 0 aliphatic heterocycles. The molecule has 0 spiro atoms. The fourth-order valence-electron chi connectivity index (χ4n) is 2.17. The van der Waals surface area contributed by atoms with Crippen LogP contribution in [0.25, 0.3) is 0 Å². The Morgan fingerprint density at radius 1 is 1.08 bits per heavy atom. The van der Waals surface area contributed by atoms with Crippen LogP contribution in [0, 0.1) is 0 Å². The van der Waals surface area contributed by atoms with Crippen molar-refractivity contribution in [3.05, 3.63) is 59.7 Å². The van der Waals surface area contributed by atoms with Crippen molar-refractivity contribution in [2.45, 2.75) is 12.6 Å². The third-order valence-corrected chi connectivity index (χ3v) is 3.35. The van der Waals surface area contributed by atoms with Gasteiger partial charge in [-0.25, -0.2) is 0 Å². The Bertz CT molecular complexity index is 790. The van der Waals surface area contributed by atoms with E-state index < -0.39 is 35.9 Å². The fourth-order valence-corrected chi connectivity index (χ4v) is 2.17. The van der Waals surface area contributed by atoms with E-state index in [2.05, 4.69) is 5.32 Å². The van der Waals surface area contributed by atoms with Gasteiger partial charge in [-0.05, 0) is 29.8 Å². The number of halogens is 3. The maximum atomic E-state index is 12.9. The van der Waals surface area contributed by atoms with Crippen LogP contribution in [0.1, 0.15) is 11.1 Å². The quantitative estimate of drug-likeness (QED) is 0.795. The molecular formula is C18H16F3NO4. The minimum Gasteiger partial charge on any atom is -0.497 e. The predicted octanol–water partition coefficient (Wildman–Crippen LogP) is 3.44. The van der Waals surface area contributed by atoms with E-state index in [1.807, 2.05) is 0 Å². The molecule has 0 atom stereocenters. The number of benzene rings is 2. The van der Waals surface area contributed by atoms with E-state index in [0.717, 1.165) is 12.1 Å². The fraction of sp³-hybridized carbons (Fsp3) is 0.222. The number of alkyl halides is 3. The van der Waals surface area contributed by atoms with Crippen LogP contribution in [0.15, 0.2) is 48.5 Å².